The molecular weight excluding hydrogens is 254 g/mol. The lowest BCUT2D eigenvalue weighted by Crippen LogP contribution is -2.26. The number of amides is 1. The summed E-state index contributed by atoms with van der Waals surface area (Å²) in [6.45, 7) is 2.52. The van der Waals surface area contributed by atoms with E-state index in [0.29, 0.717) is 36.9 Å². The number of aryl methyl sites for hydroxylation is 1. The third kappa shape index (κ3) is 3.11. The van der Waals surface area contributed by atoms with Crippen molar-refractivity contribution in [2.24, 2.45) is 5.73 Å². The van der Waals surface area contributed by atoms with Crippen LogP contribution in [0.1, 0.15) is 27.2 Å². The number of nitrogens with one attached hydrogen (secondary N) is 1. The van der Waals surface area contributed by atoms with E-state index in [4.69, 9.17) is 10.3 Å². The Hall–Kier alpha value is -1.80. The topological polar surface area (TPSA) is 107 Å². The zero-order chi connectivity index (χ0) is 13.0. The van der Waals surface area contributed by atoms with Gasteiger partial charge in [0.15, 0.2) is 5.82 Å². The van der Waals surface area contributed by atoms with Crippen molar-refractivity contribution in [3.8, 4) is 0 Å². The maximum Gasteiger partial charge on any atom is 0.270 e. The van der Waals surface area contributed by atoms with Gasteiger partial charge >= 0.3 is 0 Å². The van der Waals surface area contributed by atoms with E-state index in [2.05, 4.69) is 20.4 Å². The summed E-state index contributed by atoms with van der Waals surface area (Å²) in [5, 5.41) is 8.83. The van der Waals surface area contributed by atoms with Crippen molar-refractivity contribution in [1.82, 2.24) is 20.4 Å². The van der Waals surface area contributed by atoms with Gasteiger partial charge in [-0.05, 0) is 6.92 Å². The van der Waals surface area contributed by atoms with Crippen molar-refractivity contribution < 1.29 is 9.32 Å². The van der Waals surface area contributed by atoms with Gasteiger partial charge in [-0.15, -0.1) is 11.3 Å². The number of nitrogens with two attached hydrogens (primary N) is 1. The number of carbonyl (C=O) groups is 1. The Morgan fingerprint density at radius 3 is 3.00 bits per heavy atom. The van der Waals surface area contributed by atoms with Crippen molar-refractivity contribution >= 4 is 17.2 Å². The molecule has 8 heteroatoms. The Bertz CT molecular complexity index is 536. The van der Waals surface area contributed by atoms with Gasteiger partial charge in [0.2, 0.25) is 5.89 Å². The van der Waals surface area contributed by atoms with Gasteiger partial charge in [0.05, 0.1) is 0 Å². The standard InChI is InChI=1S/C10H13N5O2S/c1-6-13-8(17-15-6)2-3-12-10(16)7-5-18-9(4-11)14-7/h5H,2-4,11H2,1H3,(H,12,16). The van der Waals surface area contributed by atoms with Gasteiger partial charge in [0.1, 0.15) is 10.7 Å². The Balaban J connectivity index is 1.81. The highest BCUT2D eigenvalue weighted by molar-refractivity contribution is 7.09. The molecule has 3 N–H and O–H groups in total. The molecule has 0 aliphatic carbocycles. The minimum absolute atomic E-state index is 0.220. The summed E-state index contributed by atoms with van der Waals surface area (Å²) < 4.78 is 4.93. The van der Waals surface area contributed by atoms with E-state index in [-0.39, 0.29) is 5.91 Å². The second-order valence-corrected chi connectivity index (χ2v) is 4.51. The third-order valence-corrected chi connectivity index (χ3v) is 3.02. The molecule has 2 aromatic heterocycles. The predicted molar refractivity (Wildman–Crippen MR) is 65.1 cm³/mol. The van der Waals surface area contributed by atoms with Crippen LogP contribution >= 0.6 is 11.3 Å². The molecule has 2 rings (SSSR count). The van der Waals surface area contributed by atoms with Gasteiger partial charge in [-0.2, -0.15) is 4.98 Å². The largest absolute Gasteiger partial charge is 0.350 e. The van der Waals surface area contributed by atoms with Crippen molar-refractivity contribution in [1.29, 1.82) is 0 Å². The predicted octanol–water partition coefficient (Wildman–Crippen LogP) is 0.266. The highest BCUT2D eigenvalue weighted by Crippen LogP contribution is 2.08. The van der Waals surface area contributed by atoms with Crippen LogP contribution in [-0.4, -0.2) is 27.6 Å². The van der Waals surface area contributed by atoms with Crippen LogP contribution in [0, 0.1) is 6.92 Å². The molecule has 0 saturated heterocycles. The number of hydrogen-bond acceptors (Lipinski definition) is 7. The molecule has 2 aromatic rings. The molecule has 1 amide bonds. The minimum Gasteiger partial charge on any atom is -0.350 e. The smallest absolute Gasteiger partial charge is 0.270 e. The van der Waals surface area contributed by atoms with Gasteiger partial charge in [-0.3, -0.25) is 4.79 Å². The number of aromatic nitrogens is 3. The molecule has 0 fully saturated rings. The molecule has 0 saturated carbocycles. The van der Waals surface area contributed by atoms with Gasteiger partial charge in [0.25, 0.3) is 5.91 Å². The van der Waals surface area contributed by atoms with Crippen LogP contribution < -0.4 is 11.1 Å². The third-order valence-electron chi connectivity index (χ3n) is 2.15. The molecule has 0 aliphatic heterocycles. The Labute approximate surface area is 107 Å². The van der Waals surface area contributed by atoms with E-state index < -0.39 is 0 Å². The Morgan fingerprint density at radius 1 is 1.56 bits per heavy atom. The molecule has 0 aromatic carbocycles. The molecule has 7 nitrogen and oxygen atoms in total. The van der Waals surface area contributed by atoms with Crippen LogP contribution in [0.5, 0.6) is 0 Å². The van der Waals surface area contributed by atoms with E-state index in [0.717, 1.165) is 5.01 Å². The summed E-state index contributed by atoms with van der Waals surface area (Å²) in [6, 6.07) is 0. The summed E-state index contributed by atoms with van der Waals surface area (Å²) in [5.74, 6) is 0.874. The second-order valence-electron chi connectivity index (χ2n) is 3.57. The lowest BCUT2D eigenvalue weighted by molar-refractivity contribution is 0.0949. The molecule has 0 unspecified atom stereocenters. The number of nitrogens with zero attached hydrogens (tertiary/aromatic N) is 3. The zero-order valence-electron chi connectivity index (χ0n) is 9.84. The second kappa shape index (κ2) is 5.69. The highest BCUT2D eigenvalue weighted by atomic mass is 32.1. The van der Waals surface area contributed by atoms with Crippen LogP contribution in [0.2, 0.25) is 0 Å². The molecule has 18 heavy (non-hydrogen) atoms. The number of thiazole rings is 1. The van der Waals surface area contributed by atoms with Crippen LogP contribution in [0.3, 0.4) is 0 Å². The molecule has 0 radical (unpaired) electrons. The first kappa shape index (κ1) is 12.7. The van der Waals surface area contributed by atoms with Crippen molar-refractivity contribution in [2.45, 2.75) is 19.9 Å². The van der Waals surface area contributed by atoms with E-state index >= 15 is 0 Å². The average molecular weight is 267 g/mol. The highest BCUT2D eigenvalue weighted by Gasteiger charge is 2.10. The summed E-state index contributed by atoms with van der Waals surface area (Å²) in [5.41, 5.74) is 5.82. The van der Waals surface area contributed by atoms with Gasteiger partial charge < -0.3 is 15.6 Å². The fourth-order valence-electron chi connectivity index (χ4n) is 1.32. The van der Waals surface area contributed by atoms with Crippen LogP contribution in [-0.2, 0) is 13.0 Å². The lowest BCUT2D eigenvalue weighted by atomic mass is 10.4. The summed E-state index contributed by atoms with van der Waals surface area (Å²) >= 11 is 1.37. The first-order valence-corrected chi connectivity index (χ1v) is 6.29. The summed E-state index contributed by atoms with van der Waals surface area (Å²) in [4.78, 5) is 19.8. The van der Waals surface area contributed by atoms with Crippen molar-refractivity contribution in [2.75, 3.05) is 6.54 Å². The van der Waals surface area contributed by atoms with E-state index in [1.54, 1.807) is 12.3 Å². The fraction of sp³-hybridized carbons (Fsp3) is 0.400. The molecule has 2 heterocycles. The normalized spacial score (nSPS) is 10.6. The lowest BCUT2D eigenvalue weighted by Gasteiger charge is -1.99. The van der Waals surface area contributed by atoms with E-state index in [1.165, 1.54) is 11.3 Å². The van der Waals surface area contributed by atoms with Crippen LogP contribution in [0.15, 0.2) is 9.90 Å². The molecule has 0 atom stereocenters. The summed E-state index contributed by atoms with van der Waals surface area (Å²) in [7, 11) is 0. The Morgan fingerprint density at radius 2 is 2.39 bits per heavy atom. The zero-order valence-corrected chi connectivity index (χ0v) is 10.7. The SMILES string of the molecule is Cc1noc(CCNC(=O)c2csc(CN)n2)n1. The van der Waals surface area contributed by atoms with E-state index in [9.17, 15) is 4.79 Å². The monoisotopic (exact) mass is 267 g/mol. The van der Waals surface area contributed by atoms with Crippen LogP contribution in [0.25, 0.3) is 0 Å². The first-order valence-electron chi connectivity index (χ1n) is 5.41. The molecular formula is C10H13N5O2S. The quantitative estimate of drug-likeness (QED) is 0.805. The maximum atomic E-state index is 11.7. The Kier molecular flexibility index (Phi) is 4.00. The molecule has 96 valence electrons. The summed E-state index contributed by atoms with van der Waals surface area (Å²) in [6.07, 6.45) is 0.500. The van der Waals surface area contributed by atoms with E-state index in [1.807, 2.05) is 0 Å². The van der Waals surface area contributed by atoms with Crippen molar-refractivity contribution in [3.05, 3.63) is 27.8 Å². The first-order chi connectivity index (χ1) is 8.69. The molecule has 0 bridgehead atoms. The number of carbonyl (C=O) groups excluding carboxylic acids is 1. The van der Waals surface area contributed by atoms with Crippen LogP contribution in [0.4, 0.5) is 0 Å². The number of rotatable bonds is 5. The minimum atomic E-state index is -0.220. The van der Waals surface area contributed by atoms with Gasteiger partial charge in [-0.25, -0.2) is 4.98 Å². The average Bonchev–Trinajstić information content (AvgIpc) is 2.98. The van der Waals surface area contributed by atoms with Gasteiger partial charge in [-0.1, -0.05) is 5.16 Å². The van der Waals surface area contributed by atoms with Crippen molar-refractivity contribution in [3.63, 3.8) is 0 Å². The fourth-order valence-corrected chi connectivity index (χ4v) is 1.98. The maximum absolute atomic E-state index is 11.7. The van der Waals surface area contributed by atoms with Gasteiger partial charge in [0, 0.05) is 24.9 Å². The molecule has 0 aliphatic rings. The molecule has 0 spiro atoms. The number of hydrogen-bond donors (Lipinski definition) is 2.